The molecule has 30 heavy (non-hydrogen) atoms. The molecule has 3 aromatic rings. The highest BCUT2D eigenvalue weighted by atomic mass is 35.5. The van der Waals surface area contributed by atoms with Gasteiger partial charge < -0.3 is 4.74 Å². The van der Waals surface area contributed by atoms with Crippen LogP contribution in [0.25, 0.3) is 0 Å². The topological polar surface area (TPSA) is 41.9 Å². The van der Waals surface area contributed by atoms with Crippen molar-refractivity contribution in [1.82, 2.24) is 5.01 Å². The summed E-state index contributed by atoms with van der Waals surface area (Å²) in [6.45, 7) is 0. The van der Waals surface area contributed by atoms with E-state index in [1.165, 1.54) is 35.0 Å². The number of rotatable bonds is 4. The summed E-state index contributed by atoms with van der Waals surface area (Å²) in [6, 6.07) is 18.1. The van der Waals surface area contributed by atoms with Gasteiger partial charge in [0, 0.05) is 16.1 Å². The van der Waals surface area contributed by atoms with E-state index in [0.29, 0.717) is 21.4 Å². The van der Waals surface area contributed by atoms with Gasteiger partial charge in [-0.05, 0) is 48.5 Å². The first-order valence-electron chi connectivity index (χ1n) is 8.90. The summed E-state index contributed by atoms with van der Waals surface area (Å²) in [4.78, 5) is 13.4. The van der Waals surface area contributed by atoms with Crippen LogP contribution in [-0.4, -0.2) is 23.1 Å². The van der Waals surface area contributed by atoms with Crippen molar-refractivity contribution in [2.24, 2.45) is 5.10 Å². The zero-order valence-corrected chi connectivity index (χ0v) is 18.0. The predicted octanol–water partition coefficient (Wildman–Crippen LogP) is 6.39. The van der Waals surface area contributed by atoms with E-state index in [4.69, 9.17) is 27.9 Å². The van der Waals surface area contributed by atoms with Crippen molar-refractivity contribution in [3.8, 4) is 5.75 Å². The van der Waals surface area contributed by atoms with Gasteiger partial charge >= 0.3 is 0 Å². The lowest BCUT2D eigenvalue weighted by atomic mass is 10.1. The first-order valence-corrected chi connectivity index (χ1v) is 10.5. The molecule has 8 heteroatoms. The number of carbonyl (C=O) groups excluding carboxylic acids is 1. The number of halogens is 3. The molecule has 0 N–H and O–H groups in total. The number of benzene rings is 3. The molecule has 0 spiro atoms. The molecule has 0 saturated heterocycles. The molecular formula is C22H15Cl2FN2O2S. The Bertz CT molecular complexity index is 1140. The zero-order valence-electron chi connectivity index (χ0n) is 15.7. The Kier molecular flexibility index (Phi) is 5.99. The highest BCUT2D eigenvalue weighted by molar-refractivity contribution is 8.14. The van der Waals surface area contributed by atoms with Gasteiger partial charge in [0.05, 0.1) is 17.7 Å². The summed E-state index contributed by atoms with van der Waals surface area (Å²) in [6.07, 6.45) is 0. The quantitative estimate of drug-likeness (QED) is 0.452. The molecule has 3 aromatic carbocycles. The van der Waals surface area contributed by atoms with Gasteiger partial charge in [0.25, 0.3) is 5.91 Å². The third-order valence-electron chi connectivity index (χ3n) is 4.51. The number of hydrazone groups is 1. The number of ether oxygens (including phenoxy) is 1. The van der Waals surface area contributed by atoms with E-state index in [0.717, 1.165) is 5.56 Å². The molecule has 1 heterocycles. The number of hydrogen-bond donors (Lipinski definition) is 0. The van der Waals surface area contributed by atoms with Crippen LogP contribution >= 0.6 is 35.0 Å². The number of carbonyl (C=O) groups is 1. The smallest absolute Gasteiger partial charge is 0.276 e. The van der Waals surface area contributed by atoms with Crippen molar-refractivity contribution in [2.45, 2.75) is 5.37 Å². The molecule has 1 aliphatic rings. The van der Waals surface area contributed by atoms with E-state index in [1.54, 1.807) is 31.4 Å². The third kappa shape index (κ3) is 4.03. The largest absolute Gasteiger partial charge is 0.496 e. The molecular weight excluding hydrogens is 446 g/mol. The Morgan fingerprint density at radius 2 is 1.83 bits per heavy atom. The predicted molar refractivity (Wildman–Crippen MR) is 119 cm³/mol. The van der Waals surface area contributed by atoms with Gasteiger partial charge in [-0.1, -0.05) is 53.2 Å². The van der Waals surface area contributed by atoms with Crippen LogP contribution in [0.5, 0.6) is 5.75 Å². The summed E-state index contributed by atoms with van der Waals surface area (Å²) in [5.41, 5.74) is 1.77. The SMILES string of the molecule is COc1ccccc1C1SC(c2ccc(F)cc2)=NN1C(=O)c1ccc(Cl)cc1Cl. The van der Waals surface area contributed by atoms with Crippen LogP contribution in [0, 0.1) is 5.82 Å². The van der Waals surface area contributed by atoms with Crippen molar-refractivity contribution >= 4 is 45.9 Å². The van der Waals surface area contributed by atoms with Crippen molar-refractivity contribution in [3.05, 3.63) is 99.3 Å². The van der Waals surface area contributed by atoms with Crippen LogP contribution in [0.3, 0.4) is 0 Å². The van der Waals surface area contributed by atoms with Crippen LogP contribution < -0.4 is 4.74 Å². The summed E-state index contributed by atoms with van der Waals surface area (Å²) in [5.74, 6) is -0.0905. The van der Waals surface area contributed by atoms with Gasteiger partial charge in [-0.2, -0.15) is 5.10 Å². The molecule has 1 aliphatic heterocycles. The summed E-state index contributed by atoms with van der Waals surface area (Å²) in [5, 5.41) is 6.70. The van der Waals surface area contributed by atoms with Crippen LogP contribution in [0.1, 0.15) is 26.9 Å². The number of thioether (sulfide) groups is 1. The van der Waals surface area contributed by atoms with E-state index >= 15 is 0 Å². The van der Waals surface area contributed by atoms with Gasteiger partial charge in [-0.3, -0.25) is 4.79 Å². The lowest BCUT2D eigenvalue weighted by Crippen LogP contribution is -2.26. The average molecular weight is 461 g/mol. The van der Waals surface area contributed by atoms with Crippen molar-refractivity contribution in [2.75, 3.05) is 7.11 Å². The first-order chi connectivity index (χ1) is 14.5. The molecule has 4 nitrogen and oxygen atoms in total. The Hall–Kier alpha value is -2.54. The fraction of sp³-hybridized carbons (Fsp3) is 0.0909. The standard InChI is InChI=1S/C22H15Cl2FN2O2S/c1-29-19-5-3-2-4-17(19)22-27(21(28)16-11-8-14(23)12-18(16)24)26-20(30-22)13-6-9-15(25)10-7-13/h2-12,22H,1H3. The van der Waals surface area contributed by atoms with Crippen molar-refractivity contribution < 1.29 is 13.9 Å². The minimum absolute atomic E-state index is 0.238. The lowest BCUT2D eigenvalue weighted by Gasteiger charge is -2.23. The molecule has 152 valence electrons. The maximum absolute atomic E-state index is 13.4. The van der Waals surface area contributed by atoms with Crippen LogP contribution in [0.15, 0.2) is 71.8 Å². The molecule has 0 saturated carbocycles. The van der Waals surface area contributed by atoms with E-state index < -0.39 is 5.37 Å². The average Bonchev–Trinajstić information content (AvgIpc) is 3.19. The fourth-order valence-corrected chi connectivity index (χ4v) is 4.72. The first kappa shape index (κ1) is 20.7. The van der Waals surface area contributed by atoms with Crippen LogP contribution in [0.4, 0.5) is 4.39 Å². The van der Waals surface area contributed by atoms with Crippen LogP contribution in [0.2, 0.25) is 10.0 Å². The molecule has 0 aliphatic carbocycles. The van der Waals surface area contributed by atoms with Gasteiger partial charge in [-0.25, -0.2) is 9.40 Å². The fourth-order valence-electron chi connectivity index (χ4n) is 3.05. The van der Waals surface area contributed by atoms with Crippen molar-refractivity contribution in [3.63, 3.8) is 0 Å². The molecule has 4 rings (SSSR count). The Balaban J connectivity index is 1.78. The zero-order chi connectivity index (χ0) is 21.3. The molecule has 0 bridgehead atoms. The normalized spacial score (nSPS) is 15.8. The molecule has 1 amide bonds. The second-order valence-corrected chi connectivity index (χ2v) is 8.31. The molecule has 0 radical (unpaired) electrons. The number of hydrogen-bond acceptors (Lipinski definition) is 4. The monoisotopic (exact) mass is 460 g/mol. The summed E-state index contributed by atoms with van der Waals surface area (Å²) < 4.78 is 18.9. The minimum Gasteiger partial charge on any atom is -0.496 e. The molecule has 0 aromatic heterocycles. The second-order valence-electron chi connectivity index (χ2n) is 6.40. The van der Waals surface area contributed by atoms with E-state index in [-0.39, 0.29) is 22.3 Å². The summed E-state index contributed by atoms with van der Waals surface area (Å²) >= 11 is 13.6. The summed E-state index contributed by atoms with van der Waals surface area (Å²) in [7, 11) is 1.57. The van der Waals surface area contributed by atoms with E-state index in [1.807, 2.05) is 24.3 Å². The van der Waals surface area contributed by atoms with E-state index in [9.17, 15) is 9.18 Å². The van der Waals surface area contributed by atoms with Crippen molar-refractivity contribution in [1.29, 1.82) is 0 Å². The number of para-hydroxylation sites is 1. The molecule has 0 fully saturated rings. The minimum atomic E-state index is -0.486. The second kappa shape index (κ2) is 8.68. The number of amides is 1. The molecule has 1 unspecified atom stereocenters. The molecule has 1 atom stereocenters. The lowest BCUT2D eigenvalue weighted by molar-refractivity contribution is 0.0748. The highest BCUT2D eigenvalue weighted by Crippen LogP contribution is 2.45. The van der Waals surface area contributed by atoms with Gasteiger partial charge in [0.1, 0.15) is 22.0 Å². The van der Waals surface area contributed by atoms with Gasteiger partial charge in [-0.15, -0.1) is 0 Å². The van der Waals surface area contributed by atoms with E-state index in [2.05, 4.69) is 5.10 Å². The van der Waals surface area contributed by atoms with Crippen LogP contribution in [-0.2, 0) is 0 Å². The van der Waals surface area contributed by atoms with Gasteiger partial charge in [0.2, 0.25) is 0 Å². The Morgan fingerprint density at radius 3 is 2.53 bits per heavy atom. The maximum atomic E-state index is 13.4. The third-order valence-corrected chi connectivity index (χ3v) is 6.28. The maximum Gasteiger partial charge on any atom is 0.276 e. The Labute approximate surface area is 187 Å². The highest BCUT2D eigenvalue weighted by Gasteiger charge is 2.36. The Morgan fingerprint density at radius 1 is 1.10 bits per heavy atom. The van der Waals surface area contributed by atoms with Gasteiger partial charge in [0.15, 0.2) is 0 Å². The number of nitrogens with zero attached hydrogens (tertiary/aromatic N) is 2. The number of methoxy groups -OCH3 is 1.